The van der Waals surface area contributed by atoms with Gasteiger partial charge in [0.1, 0.15) is 5.02 Å². The highest BCUT2D eigenvalue weighted by molar-refractivity contribution is 6.32. The molecule has 44 heavy (non-hydrogen) atoms. The van der Waals surface area contributed by atoms with Crippen LogP contribution in [0.5, 0.6) is 0 Å². The van der Waals surface area contributed by atoms with E-state index in [0.717, 1.165) is 0 Å². The van der Waals surface area contributed by atoms with Crippen LogP contribution in [0, 0.1) is 0 Å². The lowest BCUT2D eigenvalue weighted by Crippen LogP contribution is -2.14. The molecule has 0 saturated heterocycles. The van der Waals surface area contributed by atoms with Crippen LogP contribution in [0.1, 0.15) is 20.7 Å². The summed E-state index contributed by atoms with van der Waals surface area (Å²) < 4.78 is 1.69. The molecule has 0 fully saturated rings. The lowest BCUT2D eigenvalue weighted by molar-refractivity contribution is -0.111. The molecule has 5 N–H and O–H groups in total. The molecule has 0 unspecified atom stereocenters. The van der Waals surface area contributed by atoms with Crippen molar-refractivity contribution in [2.45, 2.75) is 0 Å². The highest BCUT2D eigenvalue weighted by Crippen LogP contribution is 2.28. The van der Waals surface area contributed by atoms with Gasteiger partial charge in [0, 0.05) is 46.8 Å². The SMILES string of the molecule is CN(C)CC=CC(=O)Nc1cccc(C(=O)Nc2cccc(Nc3ncc(Cl)c(-n4cc(C(N)=O)c5ccccc54)n3)c2)c1. The van der Waals surface area contributed by atoms with Gasteiger partial charge in [-0.3, -0.25) is 19.0 Å². The zero-order valence-electron chi connectivity index (χ0n) is 23.9. The van der Waals surface area contributed by atoms with Gasteiger partial charge in [-0.05, 0) is 56.6 Å². The number of carbonyl (C=O) groups excluding carboxylic acids is 3. The first-order valence-electron chi connectivity index (χ1n) is 13.5. The number of likely N-dealkylation sites (N-methyl/N-ethyl adjacent to an activating group) is 1. The maximum absolute atomic E-state index is 13.0. The van der Waals surface area contributed by atoms with Crippen molar-refractivity contribution in [2.75, 3.05) is 36.6 Å². The van der Waals surface area contributed by atoms with Crippen LogP contribution in [-0.4, -0.2) is 57.8 Å². The Balaban J connectivity index is 1.31. The van der Waals surface area contributed by atoms with Gasteiger partial charge in [-0.2, -0.15) is 4.98 Å². The number of rotatable bonds is 10. The molecular formula is C32H29ClN8O3. The fourth-order valence-corrected chi connectivity index (χ4v) is 4.62. The predicted molar refractivity (Wildman–Crippen MR) is 173 cm³/mol. The standard InChI is InChI=1S/C32H29ClN8O3/c1-40(2)15-7-14-28(42)36-21-9-5-8-20(16-21)31(44)37-22-10-6-11-23(17-22)38-32-35-18-26(33)30(39-32)41-19-25(29(34)43)24-12-3-4-13-27(24)41/h3-14,16-19H,15H2,1-2H3,(H2,34,43)(H,36,42)(H,37,44)(H,35,38,39). The molecule has 3 amide bonds. The molecule has 0 aliphatic rings. The second kappa shape index (κ2) is 13.2. The minimum Gasteiger partial charge on any atom is -0.366 e. The lowest BCUT2D eigenvalue weighted by atomic mass is 10.1. The maximum atomic E-state index is 13.0. The summed E-state index contributed by atoms with van der Waals surface area (Å²) in [5.74, 6) is -0.594. The Hall–Kier alpha value is -5.52. The third kappa shape index (κ3) is 7.09. The van der Waals surface area contributed by atoms with Crippen molar-refractivity contribution >= 4 is 63.2 Å². The number of nitrogens with one attached hydrogen (secondary N) is 3. The van der Waals surface area contributed by atoms with Gasteiger partial charge < -0.3 is 26.6 Å². The minimum absolute atomic E-state index is 0.245. The number of nitrogens with two attached hydrogens (primary N) is 1. The number of halogens is 1. The van der Waals surface area contributed by atoms with E-state index in [-0.39, 0.29) is 22.8 Å². The van der Waals surface area contributed by atoms with Gasteiger partial charge in [0.2, 0.25) is 11.9 Å². The average Bonchev–Trinajstić information content (AvgIpc) is 3.38. The number of para-hydroxylation sites is 1. The maximum Gasteiger partial charge on any atom is 0.255 e. The smallest absolute Gasteiger partial charge is 0.255 e. The van der Waals surface area contributed by atoms with E-state index in [2.05, 4.69) is 25.9 Å². The highest BCUT2D eigenvalue weighted by atomic mass is 35.5. The van der Waals surface area contributed by atoms with Crippen LogP contribution in [0.25, 0.3) is 16.7 Å². The summed E-state index contributed by atoms with van der Waals surface area (Å²) in [7, 11) is 3.82. The molecule has 0 atom stereocenters. The van der Waals surface area contributed by atoms with Crippen molar-refractivity contribution in [1.82, 2.24) is 19.4 Å². The van der Waals surface area contributed by atoms with Crippen LogP contribution in [0.3, 0.4) is 0 Å². The number of fused-ring (bicyclic) bond motifs is 1. The van der Waals surface area contributed by atoms with Crippen LogP contribution in [0.2, 0.25) is 5.02 Å². The first-order valence-corrected chi connectivity index (χ1v) is 13.9. The summed E-state index contributed by atoms with van der Waals surface area (Å²) in [6.45, 7) is 0.636. The average molecular weight is 609 g/mol. The molecule has 3 aromatic carbocycles. The third-order valence-electron chi connectivity index (χ3n) is 6.44. The Kier molecular flexibility index (Phi) is 8.98. The van der Waals surface area contributed by atoms with Gasteiger partial charge in [-0.25, -0.2) is 4.98 Å². The van der Waals surface area contributed by atoms with E-state index in [1.807, 2.05) is 37.2 Å². The molecule has 0 radical (unpaired) electrons. The van der Waals surface area contributed by atoms with E-state index in [1.165, 1.54) is 12.3 Å². The fraction of sp³-hybridized carbons (Fsp3) is 0.0938. The van der Waals surface area contributed by atoms with Gasteiger partial charge in [0.05, 0.1) is 17.3 Å². The number of hydrogen-bond acceptors (Lipinski definition) is 7. The number of nitrogens with zero attached hydrogens (tertiary/aromatic N) is 4. The zero-order valence-corrected chi connectivity index (χ0v) is 24.7. The first-order chi connectivity index (χ1) is 21.2. The Labute approximate surface area is 258 Å². The van der Waals surface area contributed by atoms with E-state index >= 15 is 0 Å². The summed E-state index contributed by atoms with van der Waals surface area (Å²) in [6, 6.07) is 21.0. The van der Waals surface area contributed by atoms with Crippen LogP contribution in [-0.2, 0) is 4.79 Å². The second-order valence-electron chi connectivity index (χ2n) is 10.1. The molecule has 0 bridgehead atoms. The minimum atomic E-state index is -0.563. The number of benzene rings is 3. The van der Waals surface area contributed by atoms with Crippen LogP contribution in [0.4, 0.5) is 23.0 Å². The lowest BCUT2D eigenvalue weighted by Gasteiger charge is -2.12. The van der Waals surface area contributed by atoms with E-state index in [4.69, 9.17) is 17.3 Å². The summed E-state index contributed by atoms with van der Waals surface area (Å²) in [5.41, 5.74) is 8.66. The number of carbonyl (C=O) groups is 3. The molecule has 12 heteroatoms. The Morgan fingerprint density at radius 1 is 0.955 bits per heavy atom. The topological polar surface area (TPSA) is 147 Å². The second-order valence-corrected chi connectivity index (χ2v) is 10.5. The number of amides is 3. The number of primary amides is 1. The molecule has 2 aromatic heterocycles. The number of aromatic nitrogens is 3. The molecular weight excluding hydrogens is 580 g/mol. The Morgan fingerprint density at radius 3 is 2.45 bits per heavy atom. The van der Waals surface area contributed by atoms with Crippen molar-refractivity contribution in [3.63, 3.8) is 0 Å². The Bertz CT molecular complexity index is 1900. The van der Waals surface area contributed by atoms with E-state index < -0.39 is 5.91 Å². The van der Waals surface area contributed by atoms with Gasteiger partial charge in [-0.1, -0.05) is 48.0 Å². The first kappa shape index (κ1) is 30.0. The fourth-order valence-electron chi connectivity index (χ4n) is 4.44. The third-order valence-corrected chi connectivity index (χ3v) is 6.71. The normalized spacial score (nSPS) is 11.2. The molecule has 0 aliphatic carbocycles. The molecule has 5 aromatic rings. The van der Waals surface area contributed by atoms with Crippen molar-refractivity contribution in [2.24, 2.45) is 5.73 Å². The van der Waals surface area contributed by atoms with Crippen LogP contribution >= 0.6 is 11.6 Å². The molecule has 222 valence electrons. The quantitative estimate of drug-likeness (QED) is 0.159. The van der Waals surface area contributed by atoms with Gasteiger partial charge in [-0.15, -0.1) is 0 Å². The predicted octanol–water partition coefficient (Wildman–Crippen LogP) is 5.23. The number of hydrogen-bond donors (Lipinski definition) is 4. The molecule has 11 nitrogen and oxygen atoms in total. The van der Waals surface area contributed by atoms with Gasteiger partial charge >= 0.3 is 0 Å². The van der Waals surface area contributed by atoms with E-state index in [9.17, 15) is 14.4 Å². The molecule has 0 aliphatic heterocycles. The summed E-state index contributed by atoms with van der Waals surface area (Å²) in [6.07, 6.45) is 6.27. The zero-order chi connectivity index (χ0) is 31.2. The monoisotopic (exact) mass is 608 g/mol. The van der Waals surface area contributed by atoms with Gasteiger partial charge in [0.15, 0.2) is 5.82 Å². The van der Waals surface area contributed by atoms with Crippen molar-refractivity contribution in [3.8, 4) is 5.82 Å². The summed E-state index contributed by atoms with van der Waals surface area (Å²) >= 11 is 6.47. The molecule has 0 spiro atoms. The van der Waals surface area contributed by atoms with Crippen LogP contribution < -0.4 is 21.7 Å². The van der Waals surface area contributed by atoms with E-state index in [1.54, 1.807) is 71.4 Å². The van der Waals surface area contributed by atoms with E-state index in [0.29, 0.717) is 51.5 Å². The van der Waals surface area contributed by atoms with Crippen molar-refractivity contribution < 1.29 is 14.4 Å². The van der Waals surface area contributed by atoms with Crippen molar-refractivity contribution in [3.05, 3.63) is 113 Å². The van der Waals surface area contributed by atoms with Crippen molar-refractivity contribution in [1.29, 1.82) is 0 Å². The summed E-state index contributed by atoms with van der Waals surface area (Å²) in [5, 5.41) is 9.72. The Morgan fingerprint density at radius 2 is 1.68 bits per heavy atom. The summed E-state index contributed by atoms with van der Waals surface area (Å²) in [4.78, 5) is 48.1. The highest BCUT2D eigenvalue weighted by Gasteiger charge is 2.17. The molecule has 2 heterocycles. The molecule has 0 saturated carbocycles. The van der Waals surface area contributed by atoms with Gasteiger partial charge in [0.25, 0.3) is 11.8 Å². The van der Waals surface area contributed by atoms with Crippen LogP contribution in [0.15, 0.2) is 97.3 Å². The molecule has 5 rings (SSSR count). The number of anilines is 4. The largest absolute Gasteiger partial charge is 0.366 e.